The van der Waals surface area contributed by atoms with Crippen LogP contribution in [0.4, 0.5) is 13.2 Å². The molecule has 0 unspecified atom stereocenters. The predicted molar refractivity (Wildman–Crippen MR) is 48.0 cm³/mol. The second-order valence-electron chi connectivity index (χ2n) is 2.66. The molecule has 6 heteroatoms. The maximum Gasteiger partial charge on any atom is 0.401 e. The van der Waals surface area contributed by atoms with Gasteiger partial charge in [-0.05, 0) is 13.0 Å². The zero-order chi connectivity index (χ0) is 10.3. The first-order chi connectivity index (χ1) is 5.99. The van der Waals surface area contributed by atoms with Gasteiger partial charge in [0.25, 0.3) is 0 Å². The van der Waals surface area contributed by atoms with Crippen molar-refractivity contribution in [3.05, 3.63) is 0 Å². The SMILES string of the molecule is OCCN(CCCBr)CC(F)(F)F. The van der Waals surface area contributed by atoms with E-state index >= 15 is 0 Å². The van der Waals surface area contributed by atoms with Crippen LogP contribution in [-0.4, -0.2) is 47.8 Å². The largest absolute Gasteiger partial charge is 0.401 e. The Kier molecular flexibility index (Phi) is 6.71. The van der Waals surface area contributed by atoms with Gasteiger partial charge in [-0.1, -0.05) is 15.9 Å². The Morgan fingerprint density at radius 3 is 2.23 bits per heavy atom. The lowest BCUT2D eigenvalue weighted by Gasteiger charge is -2.21. The van der Waals surface area contributed by atoms with Gasteiger partial charge in [-0.3, -0.25) is 4.90 Å². The molecular formula is C7H13BrF3NO. The van der Waals surface area contributed by atoms with Gasteiger partial charge >= 0.3 is 6.18 Å². The Morgan fingerprint density at radius 2 is 1.85 bits per heavy atom. The molecule has 0 aliphatic rings. The van der Waals surface area contributed by atoms with Gasteiger partial charge in [0.15, 0.2) is 0 Å². The van der Waals surface area contributed by atoms with E-state index in [0.29, 0.717) is 18.3 Å². The van der Waals surface area contributed by atoms with Gasteiger partial charge in [0.05, 0.1) is 13.2 Å². The third-order valence-corrected chi connectivity index (χ3v) is 1.99. The van der Waals surface area contributed by atoms with E-state index < -0.39 is 12.7 Å². The smallest absolute Gasteiger partial charge is 0.395 e. The first kappa shape index (κ1) is 13.2. The minimum Gasteiger partial charge on any atom is -0.395 e. The maximum atomic E-state index is 11.9. The van der Waals surface area contributed by atoms with Gasteiger partial charge in [-0.25, -0.2) is 0 Å². The van der Waals surface area contributed by atoms with Crippen molar-refractivity contribution >= 4 is 15.9 Å². The van der Waals surface area contributed by atoms with Crippen LogP contribution in [0.3, 0.4) is 0 Å². The van der Waals surface area contributed by atoms with E-state index in [-0.39, 0.29) is 13.2 Å². The first-order valence-corrected chi connectivity index (χ1v) is 5.07. The van der Waals surface area contributed by atoms with Crippen LogP contribution < -0.4 is 0 Å². The number of aliphatic hydroxyl groups excluding tert-OH is 1. The number of hydrogen-bond donors (Lipinski definition) is 1. The minimum absolute atomic E-state index is 0.0759. The van der Waals surface area contributed by atoms with Crippen LogP contribution in [0.15, 0.2) is 0 Å². The lowest BCUT2D eigenvalue weighted by molar-refractivity contribution is -0.146. The second kappa shape index (κ2) is 6.62. The summed E-state index contributed by atoms with van der Waals surface area (Å²) in [6, 6.07) is 0. The summed E-state index contributed by atoms with van der Waals surface area (Å²) in [6.07, 6.45) is -3.53. The Bertz CT molecular complexity index is 131. The molecule has 13 heavy (non-hydrogen) atoms. The zero-order valence-electron chi connectivity index (χ0n) is 7.15. The average molecular weight is 264 g/mol. The Balaban J connectivity index is 3.79. The molecule has 0 fully saturated rings. The predicted octanol–water partition coefficient (Wildman–Crippen LogP) is 1.63. The molecular weight excluding hydrogens is 251 g/mol. The van der Waals surface area contributed by atoms with E-state index in [0.717, 1.165) is 0 Å². The molecule has 2 nitrogen and oxygen atoms in total. The maximum absolute atomic E-state index is 11.9. The van der Waals surface area contributed by atoms with Gasteiger partial charge in [-0.15, -0.1) is 0 Å². The van der Waals surface area contributed by atoms with Crippen molar-refractivity contribution in [2.24, 2.45) is 0 Å². The third kappa shape index (κ3) is 8.52. The third-order valence-electron chi connectivity index (χ3n) is 1.43. The second-order valence-corrected chi connectivity index (χ2v) is 3.45. The molecule has 0 amide bonds. The number of aliphatic hydroxyl groups is 1. The van der Waals surface area contributed by atoms with Crippen molar-refractivity contribution in [2.75, 3.05) is 31.6 Å². The highest BCUT2D eigenvalue weighted by Gasteiger charge is 2.29. The number of halogens is 4. The Labute approximate surface area is 83.8 Å². The highest BCUT2D eigenvalue weighted by Crippen LogP contribution is 2.16. The van der Waals surface area contributed by atoms with Crippen molar-refractivity contribution in [1.82, 2.24) is 4.90 Å². The first-order valence-electron chi connectivity index (χ1n) is 3.95. The monoisotopic (exact) mass is 263 g/mol. The van der Waals surface area contributed by atoms with E-state index in [1.165, 1.54) is 4.90 Å². The fourth-order valence-electron chi connectivity index (χ4n) is 0.948. The fourth-order valence-corrected chi connectivity index (χ4v) is 1.20. The molecule has 1 N–H and O–H groups in total. The standard InChI is InChI=1S/C7H13BrF3NO/c8-2-1-3-12(4-5-13)6-7(9,10)11/h13H,1-6H2. The highest BCUT2D eigenvalue weighted by molar-refractivity contribution is 9.09. The summed E-state index contributed by atoms with van der Waals surface area (Å²) in [4.78, 5) is 1.20. The molecule has 0 saturated carbocycles. The van der Waals surface area contributed by atoms with Crippen molar-refractivity contribution in [3.63, 3.8) is 0 Å². The molecule has 0 aromatic heterocycles. The number of hydrogen-bond acceptors (Lipinski definition) is 2. The Hall–Kier alpha value is 0.190. The van der Waals surface area contributed by atoms with Gasteiger partial charge < -0.3 is 5.11 Å². The number of rotatable bonds is 6. The van der Waals surface area contributed by atoms with Gasteiger partial charge in [0.1, 0.15) is 0 Å². The summed E-state index contributed by atoms with van der Waals surface area (Å²) in [5, 5.41) is 9.19. The molecule has 0 aliphatic carbocycles. The lowest BCUT2D eigenvalue weighted by atomic mass is 10.4. The molecule has 0 aromatic rings. The summed E-state index contributed by atoms with van der Waals surface area (Å²) in [5.74, 6) is 0. The highest BCUT2D eigenvalue weighted by atomic mass is 79.9. The van der Waals surface area contributed by atoms with Crippen molar-refractivity contribution in [2.45, 2.75) is 12.6 Å². The number of nitrogens with zero attached hydrogens (tertiary/aromatic N) is 1. The van der Waals surface area contributed by atoms with Crippen LogP contribution >= 0.6 is 15.9 Å². The topological polar surface area (TPSA) is 23.5 Å². The van der Waals surface area contributed by atoms with E-state index in [2.05, 4.69) is 15.9 Å². The van der Waals surface area contributed by atoms with Crippen molar-refractivity contribution < 1.29 is 18.3 Å². The lowest BCUT2D eigenvalue weighted by Crippen LogP contribution is -2.37. The van der Waals surface area contributed by atoms with Gasteiger partial charge in [-0.2, -0.15) is 13.2 Å². The van der Waals surface area contributed by atoms with Crippen molar-refractivity contribution in [3.8, 4) is 0 Å². The van der Waals surface area contributed by atoms with Crippen LogP contribution in [0.25, 0.3) is 0 Å². The molecule has 0 heterocycles. The van der Waals surface area contributed by atoms with Gasteiger partial charge in [0, 0.05) is 11.9 Å². The molecule has 0 bridgehead atoms. The van der Waals surface area contributed by atoms with Crippen LogP contribution in [-0.2, 0) is 0 Å². The molecule has 80 valence electrons. The summed E-state index contributed by atoms with van der Waals surface area (Å²) in [7, 11) is 0. The molecule has 0 spiro atoms. The van der Waals surface area contributed by atoms with Crippen LogP contribution in [0.1, 0.15) is 6.42 Å². The van der Waals surface area contributed by atoms with E-state index in [1.54, 1.807) is 0 Å². The summed E-state index contributed by atoms with van der Waals surface area (Å²) < 4.78 is 35.8. The molecule has 0 saturated heterocycles. The van der Waals surface area contributed by atoms with Crippen LogP contribution in [0, 0.1) is 0 Å². The van der Waals surface area contributed by atoms with Gasteiger partial charge in [0.2, 0.25) is 0 Å². The minimum atomic E-state index is -4.18. The Morgan fingerprint density at radius 1 is 1.23 bits per heavy atom. The van der Waals surface area contributed by atoms with E-state index in [1.807, 2.05) is 0 Å². The normalized spacial score (nSPS) is 12.5. The van der Waals surface area contributed by atoms with Crippen LogP contribution in [0.2, 0.25) is 0 Å². The molecule has 0 radical (unpaired) electrons. The summed E-state index contributed by atoms with van der Waals surface area (Å²) >= 11 is 3.14. The molecule has 0 aliphatic heterocycles. The summed E-state index contributed by atoms with van der Waals surface area (Å²) in [6.45, 7) is -0.753. The average Bonchev–Trinajstić information content (AvgIpc) is 1.98. The number of alkyl halides is 4. The fraction of sp³-hybridized carbons (Fsp3) is 1.00. The van der Waals surface area contributed by atoms with Crippen LogP contribution in [0.5, 0.6) is 0 Å². The molecule has 0 rings (SSSR count). The van der Waals surface area contributed by atoms with E-state index in [4.69, 9.17) is 5.11 Å². The molecule has 0 atom stereocenters. The summed E-state index contributed by atoms with van der Waals surface area (Å²) in [5.41, 5.74) is 0. The quantitative estimate of drug-likeness (QED) is 0.737. The molecule has 0 aromatic carbocycles. The zero-order valence-corrected chi connectivity index (χ0v) is 8.73. The van der Waals surface area contributed by atoms with Crippen molar-refractivity contribution in [1.29, 1.82) is 0 Å². The van der Waals surface area contributed by atoms with E-state index in [9.17, 15) is 13.2 Å².